The number of benzene rings is 2. The Morgan fingerprint density at radius 3 is 2.81 bits per heavy atom. The Kier molecular flexibility index (Phi) is 7.99. The van der Waals surface area contributed by atoms with Crippen LogP contribution in [-0.2, 0) is 11.2 Å². The van der Waals surface area contributed by atoms with E-state index in [1.807, 2.05) is 12.1 Å². The van der Waals surface area contributed by atoms with E-state index in [2.05, 4.69) is 17.4 Å². The molecule has 2 unspecified atom stereocenters. The summed E-state index contributed by atoms with van der Waals surface area (Å²) in [4.78, 5) is 10.4. The zero-order valence-corrected chi connectivity index (χ0v) is 15.6. The predicted molar refractivity (Wildman–Crippen MR) is 104 cm³/mol. The van der Waals surface area contributed by atoms with E-state index in [0.29, 0.717) is 19.7 Å². The molecule has 2 aromatic carbocycles. The summed E-state index contributed by atoms with van der Waals surface area (Å²) in [6, 6.07) is 14.3. The number of halogens is 1. The molecule has 0 aliphatic carbocycles. The molecule has 7 nitrogen and oxygen atoms in total. The summed E-state index contributed by atoms with van der Waals surface area (Å²) in [6.07, 6.45) is 0.0934. The van der Waals surface area contributed by atoms with Gasteiger partial charge in [0.05, 0.1) is 17.6 Å². The SMILES string of the molecule is Cl.O=[N+]([O-])c1ccccc1OCC(O)CNCC1OCCc2ccccc21. The Hall–Kier alpha value is -2.19. The number of nitrogens with zero attached hydrogens (tertiary/aromatic N) is 1. The first-order valence-corrected chi connectivity index (χ1v) is 8.59. The van der Waals surface area contributed by atoms with E-state index in [1.54, 1.807) is 12.1 Å². The van der Waals surface area contributed by atoms with Crippen molar-refractivity contribution < 1.29 is 19.5 Å². The molecule has 0 saturated carbocycles. The van der Waals surface area contributed by atoms with Crippen LogP contribution in [-0.4, -0.2) is 42.4 Å². The molecule has 2 atom stereocenters. The molecule has 0 saturated heterocycles. The Morgan fingerprint density at radius 2 is 2.00 bits per heavy atom. The van der Waals surface area contributed by atoms with Crippen molar-refractivity contribution in [1.29, 1.82) is 0 Å². The third-order valence-electron chi connectivity index (χ3n) is 4.30. The quantitative estimate of drug-likeness (QED) is 0.528. The maximum atomic E-state index is 11.0. The van der Waals surface area contributed by atoms with Gasteiger partial charge in [0, 0.05) is 19.2 Å². The lowest BCUT2D eigenvalue weighted by atomic mass is 9.97. The average molecular weight is 395 g/mol. The molecule has 1 aliphatic rings. The minimum Gasteiger partial charge on any atom is -0.484 e. The number of aliphatic hydroxyl groups is 1. The van der Waals surface area contributed by atoms with Crippen molar-refractivity contribution in [2.24, 2.45) is 0 Å². The van der Waals surface area contributed by atoms with Gasteiger partial charge in [0.15, 0.2) is 5.75 Å². The van der Waals surface area contributed by atoms with Gasteiger partial charge in [-0.15, -0.1) is 12.4 Å². The largest absolute Gasteiger partial charge is 0.484 e. The first-order valence-electron chi connectivity index (χ1n) is 8.59. The fourth-order valence-corrected chi connectivity index (χ4v) is 3.00. The van der Waals surface area contributed by atoms with Gasteiger partial charge in [0.1, 0.15) is 12.7 Å². The minimum absolute atomic E-state index is 0. The van der Waals surface area contributed by atoms with Crippen molar-refractivity contribution in [2.45, 2.75) is 18.6 Å². The van der Waals surface area contributed by atoms with Crippen molar-refractivity contribution in [3.63, 3.8) is 0 Å². The highest BCUT2D eigenvalue weighted by Crippen LogP contribution is 2.27. The Balaban J connectivity index is 0.00000261. The predicted octanol–water partition coefficient (Wildman–Crippen LogP) is 2.66. The monoisotopic (exact) mass is 394 g/mol. The third kappa shape index (κ3) is 5.64. The number of rotatable bonds is 8. The van der Waals surface area contributed by atoms with Crippen LogP contribution in [0.4, 0.5) is 5.69 Å². The first kappa shape index (κ1) is 21.1. The summed E-state index contributed by atoms with van der Waals surface area (Å²) < 4.78 is 11.2. The molecule has 8 heteroatoms. The van der Waals surface area contributed by atoms with Crippen LogP contribution >= 0.6 is 12.4 Å². The van der Waals surface area contributed by atoms with Gasteiger partial charge in [-0.1, -0.05) is 36.4 Å². The normalized spacial score (nSPS) is 16.7. The lowest BCUT2D eigenvalue weighted by Gasteiger charge is -2.26. The maximum Gasteiger partial charge on any atom is 0.310 e. The van der Waals surface area contributed by atoms with E-state index in [9.17, 15) is 15.2 Å². The minimum atomic E-state index is -0.784. The van der Waals surface area contributed by atoms with Gasteiger partial charge < -0.3 is 19.9 Å². The number of fused-ring (bicyclic) bond motifs is 1. The van der Waals surface area contributed by atoms with E-state index in [-0.39, 0.29) is 36.6 Å². The summed E-state index contributed by atoms with van der Waals surface area (Å²) >= 11 is 0. The standard InChI is InChI=1S/C19H22N2O5.ClH/c22-15(13-26-18-8-4-3-7-17(18)21(23)24)11-20-12-19-16-6-2-1-5-14(16)9-10-25-19;/h1-8,15,19-20,22H,9-13H2;1H. The zero-order chi connectivity index (χ0) is 18.4. The number of aliphatic hydroxyl groups excluding tert-OH is 1. The molecule has 0 amide bonds. The number of nitro benzene ring substituents is 1. The number of ether oxygens (including phenoxy) is 2. The summed E-state index contributed by atoms with van der Waals surface area (Å²) in [5.41, 5.74) is 2.36. The highest BCUT2D eigenvalue weighted by molar-refractivity contribution is 5.85. The maximum absolute atomic E-state index is 11.0. The first-order chi connectivity index (χ1) is 12.6. The second-order valence-electron chi connectivity index (χ2n) is 6.16. The van der Waals surface area contributed by atoms with Crippen molar-refractivity contribution >= 4 is 18.1 Å². The summed E-state index contributed by atoms with van der Waals surface area (Å²) in [6.45, 7) is 1.55. The molecule has 2 N–H and O–H groups in total. The van der Waals surface area contributed by atoms with Crippen molar-refractivity contribution in [3.05, 3.63) is 69.8 Å². The lowest BCUT2D eigenvalue weighted by Crippen LogP contribution is -2.35. The van der Waals surface area contributed by atoms with Crippen LogP contribution < -0.4 is 10.1 Å². The van der Waals surface area contributed by atoms with Crippen LogP contribution in [0.15, 0.2) is 48.5 Å². The number of para-hydroxylation sites is 2. The van der Waals surface area contributed by atoms with Crippen LogP contribution in [0, 0.1) is 10.1 Å². The van der Waals surface area contributed by atoms with E-state index < -0.39 is 11.0 Å². The van der Waals surface area contributed by atoms with Crippen molar-refractivity contribution in [1.82, 2.24) is 5.32 Å². The molecule has 1 heterocycles. The highest BCUT2D eigenvalue weighted by atomic mass is 35.5. The molecule has 0 radical (unpaired) electrons. The van der Waals surface area contributed by atoms with Gasteiger partial charge >= 0.3 is 5.69 Å². The molecule has 0 bridgehead atoms. The zero-order valence-electron chi connectivity index (χ0n) is 14.7. The number of nitro groups is 1. The second-order valence-corrected chi connectivity index (χ2v) is 6.16. The Bertz CT molecular complexity index is 758. The summed E-state index contributed by atoms with van der Waals surface area (Å²) in [7, 11) is 0. The lowest BCUT2D eigenvalue weighted by molar-refractivity contribution is -0.385. The van der Waals surface area contributed by atoms with Crippen LogP contribution in [0.2, 0.25) is 0 Å². The van der Waals surface area contributed by atoms with Gasteiger partial charge in [0.25, 0.3) is 0 Å². The van der Waals surface area contributed by atoms with Crippen molar-refractivity contribution in [3.8, 4) is 5.75 Å². The topological polar surface area (TPSA) is 93.9 Å². The van der Waals surface area contributed by atoms with Gasteiger partial charge in [-0.05, 0) is 23.6 Å². The van der Waals surface area contributed by atoms with Crippen LogP contribution in [0.5, 0.6) is 5.75 Å². The molecule has 1 aliphatic heterocycles. The van der Waals surface area contributed by atoms with Crippen molar-refractivity contribution in [2.75, 3.05) is 26.3 Å². The van der Waals surface area contributed by atoms with E-state index >= 15 is 0 Å². The molecular formula is C19H23ClN2O5. The molecule has 2 aromatic rings. The molecule has 27 heavy (non-hydrogen) atoms. The van der Waals surface area contributed by atoms with Gasteiger partial charge in [0.2, 0.25) is 0 Å². The number of nitrogens with one attached hydrogen (secondary N) is 1. The molecule has 0 spiro atoms. The molecule has 146 valence electrons. The molecular weight excluding hydrogens is 372 g/mol. The molecule has 0 fully saturated rings. The smallest absolute Gasteiger partial charge is 0.310 e. The van der Waals surface area contributed by atoms with Crippen LogP contribution in [0.1, 0.15) is 17.2 Å². The Labute approximate surface area is 163 Å². The van der Waals surface area contributed by atoms with E-state index in [1.165, 1.54) is 23.3 Å². The van der Waals surface area contributed by atoms with Gasteiger partial charge in [-0.2, -0.15) is 0 Å². The second kappa shape index (κ2) is 10.2. The fraction of sp³-hybridized carbons (Fsp3) is 0.368. The van der Waals surface area contributed by atoms with E-state index in [4.69, 9.17) is 9.47 Å². The average Bonchev–Trinajstić information content (AvgIpc) is 2.66. The fourth-order valence-electron chi connectivity index (χ4n) is 3.00. The number of hydrogen-bond donors (Lipinski definition) is 2. The van der Waals surface area contributed by atoms with Crippen LogP contribution in [0.25, 0.3) is 0 Å². The number of hydrogen-bond acceptors (Lipinski definition) is 6. The Morgan fingerprint density at radius 1 is 1.26 bits per heavy atom. The highest BCUT2D eigenvalue weighted by Gasteiger charge is 2.20. The van der Waals surface area contributed by atoms with Crippen LogP contribution in [0.3, 0.4) is 0 Å². The molecule has 3 rings (SSSR count). The van der Waals surface area contributed by atoms with E-state index in [0.717, 1.165) is 6.42 Å². The summed E-state index contributed by atoms with van der Waals surface area (Å²) in [5.74, 6) is 0.154. The van der Waals surface area contributed by atoms with Gasteiger partial charge in [-0.3, -0.25) is 10.1 Å². The van der Waals surface area contributed by atoms with Gasteiger partial charge in [-0.25, -0.2) is 0 Å². The third-order valence-corrected chi connectivity index (χ3v) is 4.30. The summed E-state index contributed by atoms with van der Waals surface area (Å²) in [5, 5.41) is 24.2. The molecule has 0 aromatic heterocycles.